The summed E-state index contributed by atoms with van der Waals surface area (Å²) in [5.41, 5.74) is 0. The van der Waals surface area contributed by atoms with Gasteiger partial charge in [0.25, 0.3) is 5.91 Å². The Labute approximate surface area is 126 Å². The van der Waals surface area contributed by atoms with Crippen LogP contribution in [0.25, 0.3) is 0 Å². The molecule has 20 heavy (non-hydrogen) atoms. The highest BCUT2D eigenvalue weighted by atomic mass is 32.1. The summed E-state index contributed by atoms with van der Waals surface area (Å²) in [6.07, 6.45) is 1.85. The van der Waals surface area contributed by atoms with E-state index in [2.05, 4.69) is 33.8 Å². The summed E-state index contributed by atoms with van der Waals surface area (Å²) < 4.78 is 0. The van der Waals surface area contributed by atoms with Gasteiger partial charge >= 0.3 is 0 Å². The van der Waals surface area contributed by atoms with Crippen LogP contribution in [0, 0.1) is 0 Å². The third kappa shape index (κ3) is 4.28. The van der Waals surface area contributed by atoms with Gasteiger partial charge in [-0.25, -0.2) is 0 Å². The monoisotopic (exact) mass is 310 g/mol. The van der Waals surface area contributed by atoms with Gasteiger partial charge in [0.05, 0.1) is 0 Å². The van der Waals surface area contributed by atoms with Gasteiger partial charge in [-0.2, -0.15) is 0 Å². The predicted octanol–water partition coefficient (Wildman–Crippen LogP) is 2.78. The summed E-state index contributed by atoms with van der Waals surface area (Å²) >= 11 is 2.99. The van der Waals surface area contributed by atoms with E-state index in [1.54, 1.807) is 11.3 Å². The normalized spacial score (nSPS) is 12.1. The highest BCUT2D eigenvalue weighted by Crippen LogP contribution is 2.16. The number of aromatic nitrogens is 2. The van der Waals surface area contributed by atoms with Crippen molar-refractivity contribution in [2.24, 2.45) is 0 Å². The first-order valence-electron chi connectivity index (χ1n) is 6.59. The average Bonchev–Trinajstić information content (AvgIpc) is 3.07. The maximum absolute atomic E-state index is 12.0. The SMILES string of the molecule is CCCNc1nnc(C(=O)NC(C)Cc2cccs2)s1. The Morgan fingerprint density at radius 2 is 2.30 bits per heavy atom. The van der Waals surface area contributed by atoms with E-state index in [0.29, 0.717) is 10.1 Å². The zero-order chi connectivity index (χ0) is 14.4. The number of nitrogens with one attached hydrogen (secondary N) is 2. The Morgan fingerprint density at radius 1 is 1.45 bits per heavy atom. The number of thiophene rings is 1. The highest BCUT2D eigenvalue weighted by molar-refractivity contribution is 7.17. The van der Waals surface area contributed by atoms with Crippen LogP contribution >= 0.6 is 22.7 Å². The first-order valence-corrected chi connectivity index (χ1v) is 8.29. The van der Waals surface area contributed by atoms with Crippen molar-refractivity contribution in [3.8, 4) is 0 Å². The van der Waals surface area contributed by atoms with E-state index >= 15 is 0 Å². The number of hydrogen-bond donors (Lipinski definition) is 2. The van der Waals surface area contributed by atoms with Crippen LogP contribution in [0.2, 0.25) is 0 Å². The number of nitrogens with zero attached hydrogens (tertiary/aromatic N) is 2. The van der Waals surface area contributed by atoms with Gasteiger partial charge in [-0.3, -0.25) is 4.79 Å². The molecular weight excluding hydrogens is 292 g/mol. The van der Waals surface area contributed by atoms with Crippen molar-refractivity contribution in [1.29, 1.82) is 0 Å². The van der Waals surface area contributed by atoms with Crippen LogP contribution in [-0.2, 0) is 6.42 Å². The number of carbonyl (C=O) groups excluding carboxylic acids is 1. The van der Waals surface area contributed by atoms with Crippen LogP contribution in [0.5, 0.6) is 0 Å². The molecule has 5 nitrogen and oxygen atoms in total. The molecule has 108 valence electrons. The van der Waals surface area contributed by atoms with Gasteiger partial charge < -0.3 is 10.6 Å². The van der Waals surface area contributed by atoms with Crippen LogP contribution in [0.4, 0.5) is 5.13 Å². The molecule has 0 aliphatic heterocycles. The van der Waals surface area contributed by atoms with Gasteiger partial charge in [0.1, 0.15) is 0 Å². The summed E-state index contributed by atoms with van der Waals surface area (Å²) in [5.74, 6) is -0.156. The van der Waals surface area contributed by atoms with E-state index in [4.69, 9.17) is 0 Å². The first kappa shape index (κ1) is 14.9. The molecule has 2 N–H and O–H groups in total. The highest BCUT2D eigenvalue weighted by Gasteiger charge is 2.15. The molecule has 2 aromatic heterocycles. The van der Waals surface area contributed by atoms with E-state index in [9.17, 15) is 4.79 Å². The molecule has 1 amide bonds. The number of hydrogen-bond acceptors (Lipinski definition) is 6. The van der Waals surface area contributed by atoms with Gasteiger partial charge in [0, 0.05) is 23.9 Å². The zero-order valence-corrected chi connectivity index (χ0v) is 13.2. The molecule has 0 spiro atoms. The molecule has 1 unspecified atom stereocenters. The summed E-state index contributed by atoms with van der Waals surface area (Å²) in [6.45, 7) is 4.91. The molecule has 0 radical (unpaired) electrons. The zero-order valence-electron chi connectivity index (χ0n) is 11.5. The Balaban J connectivity index is 1.86. The maximum atomic E-state index is 12.0. The fourth-order valence-electron chi connectivity index (χ4n) is 1.69. The quantitative estimate of drug-likeness (QED) is 0.825. The third-order valence-corrected chi connectivity index (χ3v) is 4.39. The van der Waals surface area contributed by atoms with Crippen molar-refractivity contribution in [3.05, 3.63) is 27.4 Å². The molecule has 2 heterocycles. The predicted molar refractivity (Wildman–Crippen MR) is 83.6 cm³/mol. The molecule has 2 aromatic rings. The van der Waals surface area contributed by atoms with Crippen molar-refractivity contribution in [3.63, 3.8) is 0 Å². The molecule has 0 fully saturated rings. The molecule has 0 saturated carbocycles. The van der Waals surface area contributed by atoms with Crippen LogP contribution in [-0.4, -0.2) is 28.7 Å². The minimum atomic E-state index is -0.156. The second-order valence-electron chi connectivity index (χ2n) is 4.50. The van der Waals surface area contributed by atoms with Crippen molar-refractivity contribution in [2.45, 2.75) is 32.7 Å². The molecule has 7 heteroatoms. The number of anilines is 1. The number of rotatable bonds is 7. The smallest absolute Gasteiger partial charge is 0.282 e. The Morgan fingerprint density at radius 3 is 3.00 bits per heavy atom. The van der Waals surface area contributed by atoms with Gasteiger partial charge in [-0.1, -0.05) is 24.3 Å². The summed E-state index contributed by atoms with van der Waals surface area (Å²) in [6, 6.07) is 4.17. The first-order chi connectivity index (χ1) is 9.69. The minimum Gasteiger partial charge on any atom is -0.360 e. The second-order valence-corrected chi connectivity index (χ2v) is 6.51. The molecule has 0 aliphatic carbocycles. The second kappa shape index (κ2) is 7.35. The molecule has 0 saturated heterocycles. The average molecular weight is 310 g/mol. The molecule has 2 rings (SSSR count). The lowest BCUT2D eigenvalue weighted by Gasteiger charge is -2.11. The van der Waals surface area contributed by atoms with Gasteiger partial charge in [0.2, 0.25) is 10.1 Å². The summed E-state index contributed by atoms with van der Waals surface area (Å²) in [7, 11) is 0. The van der Waals surface area contributed by atoms with E-state index in [-0.39, 0.29) is 11.9 Å². The standard InChI is InChI=1S/C13H18N4OS2/c1-3-6-14-13-17-16-12(20-13)11(18)15-9(2)8-10-5-4-7-19-10/h4-5,7,9H,3,6,8H2,1-2H3,(H,14,17)(H,15,18). The van der Waals surface area contributed by atoms with Gasteiger partial charge in [0.15, 0.2) is 0 Å². The van der Waals surface area contributed by atoms with Crippen molar-refractivity contribution in [1.82, 2.24) is 15.5 Å². The molecule has 0 aromatic carbocycles. The van der Waals surface area contributed by atoms with Gasteiger partial charge in [-0.15, -0.1) is 21.5 Å². The largest absolute Gasteiger partial charge is 0.360 e. The van der Waals surface area contributed by atoms with Crippen LogP contribution in [0.3, 0.4) is 0 Å². The molecule has 0 aliphatic rings. The molecule has 0 bridgehead atoms. The topological polar surface area (TPSA) is 66.9 Å². The fourth-order valence-corrected chi connectivity index (χ4v) is 3.19. The van der Waals surface area contributed by atoms with E-state index in [1.807, 2.05) is 18.4 Å². The maximum Gasteiger partial charge on any atom is 0.282 e. The molecule has 1 atom stereocenters. The van der Waals surface area contributed by atoms with Crippen molar-refractivity contribution < 1.29 is 4.79 Å². The van der Waals surface area contributed by atoms with Crippen LogP contribution in [0.1, 0.15) is 34.9 Å². The van der Waals surface area contributed by atoms with Crippen molar-refractivity contribution in [2.75, 3.05) is 11.9 Å². The van der Waals surface area contributed by atoms with E-state index in [1.165, 1.54) is 16.2 Å². The summed E-state index contributed by atoms with van der Waals surface area (Å²) in [4.78, 5) is 13.3. The molecular formula is C13H18N4OS2. The van der Waals surface area contributed by atoms with Crippen LogP contribution in [0.15, 0.2) is 17.5 Å². The lowest BCUT2D eigenvalue weighted by molar-refractivity contribution is 0.0939. The van der Waals surface area contributed by atoms with E-state index < -0.39 is 0 Å². The number of amides is 1. The minimum absolute atomic E-state index is 0.0806. The lowest BCUT2D eigenvalue weighted by Crippen LogP contribution is -2.33. The Kier molecular flexibility index (Phi) is 5.49. The van der Waals surface area contributed by atoms with E-state index in [0.717, 1.165) is 19.4 Å². The van der Waals surface area contributed by atoms with Crippen molar-refractivity contribution >= 4 is 33.7 Å². The lowest BCUT2D eigenvalue weighted by atomic mass is 10.2. The van der Waals surface area contributed by atoms with Crippen LogP contribution < -0.4 is 10.6 Å². The van der Waals surface area contributed by atoms with Gasteiger partial charge in [-0.05, 0) is 24.8 Å². The Hall–Kier alpha value is -1.47. The third-order valence-electron chi connectivity index (χ3n) is 2.61. The Bertz CT molecular complexity index is 538. The number of carbonyl (C=O) groups is 1. The fraction of sp³-hybridized carbons (Fsp3) is 0.462. The summed E-state index contributed by atoms with van der Waals surface area (Å²) in [5, 5.41) is 17.1.